The minimum atomic E-state index is -1.24. The third kappa shape index (κ3) is 3.90. The summed E-state index contributed by atoms with van der Waals surface area (Å²) in [6, 6.07) is 1.01. The van der Waals surface area contributed by atoms with Gasteiger partial charge in [-0.25, -0.2) is 9.78 Å². The number of hydrogen-bond acceptors (Lipinski definition) is 5. The van der Waals surface area contributed by atoms with Crippen molar-refractivity contribution in [2.75, 3.05) is 5.32 Å². The molecule has 19 heavy (non-hydrogen) atoms. The van der Waals surface area contributed by atoms with Gasteiger partial charge < -0.3 is 10.4 Å². The summed E-state index contributed by atoms with van der Waals surface area (Å²) >= 11 is 0. The van der Waals surface area contributed by atoms with Gasteiger partial charge in [0.05, 0.1) is 10.5 Å². The van der Waals surface area contributed by atoms with Crippen LogP contribution in [-0.4, -0.2) is 26.5 Å². The summed E-state index contributed by atoms with van der Waals surface area (Å²) in [4.78, 5) is 25.0. The lowest BCUT2D eigenvalue weighted by atomic mass is 9.99. The predicted octanol–water partition coefficient (Wildman–Crippen LogP) is 2.68. The van der Waals surface area contributed by atoms with E-state index in [4.69, 9.17) is 5.11 Å². The maximum absolute atomic E-state index is 11.0. The molecule has 0 radical (unpaired) electrons. The van der Waals surface area contributed by atoms with Crippen molar-refractivity contribution < 1.29 is 14.8 Å². The Morgan fingerprint density at radius 2 is 2.21 bits per heavy atom. The lowest BCUT2D eigenvalue weighted by molar-refractivity contribution is -0.384. The van der Waals surface area contributed by atoms with Gasteiger partial charge in [0.1, 0.15) is 0 Å². The number of nitro groups is 1. The third-order valence-electron chi connectivity index (χ3n) is 2.64. The first-order valence-corrected chi connectivity index (χ1v) is 5.92. The van der Waals surface area contributed by atoms with Crippen LogP contribution < -0.4 is 5.32 Å². The highest BCUT2D eigenvalue weighted by Crippen LogP contribution is 2.27. The average Bonchev–Trinajstić information content (AvgIpc) is 2.27. The number of rotatable bonds is 6. The second kappa shape index (κ2) is 5.64. The van der Waals surface area contributed by atoms with E-state index < -0.39 is 10.9 Å². The van der Waals surface area contributed by atoms with Gasteiger partial charge >= 0.3 is 11.7 Å². The van der Waals surface area contributed by atoms with Gasteiger partial charge in [0.25, 0.3) is 0 Å². The molecule has 0 saturated heterocycles. The van der Waals surface area contributed by atoms with E-state index in [1.807, 2.05) is 20.8 Å². The Hall–Kier alpha value is -2.18. The average molecular weight is 267 g/mol. The summed E-state index contributed by atoms with van der Waals surface area (Å²) in [7, 11) is 0. The molecule has 1 heterocycles. The number of carboxylic acids is 1. The number of nitrogens with zero attached hydrogens (tertiary/aromatic N) is 2. The fourth-order valence-corrected chi connectivity index (χ4v) is 1.81. The molecule has 0 aromatic carbocycles. The van der Waals surface area contributed by atoms with Crippen LogP contribution in [0.3, 0.4) is 0 Å². The molecule has 0 spiro atoms. The summed E-state index contributed by atoms with van der Waals surface area (Å²) in [5.74, 6) is -1.15. The van der Waals surface area contributed by atoms with Crippen LogP contribution in [0.1, 0.15) is 44.0 Å². The Kier molecular flexibility index (Phi) is 4.42. The van der Waals surface area contributed by atoms with Crippen LogP contribution in [0, 0.1) is 10.1 Å². The summed E-state index contributed by atoms with van der Waals surface area (Å²) in [6.07, 6.45) is 2.84. The van der Waals surface area contributed by atoms with E-state index in [1.54, 1.807) is 0 Å². The largest absolute Gasteiger partial charge is 0.478 e. The summed E-state index contributed by atoms with van der Waals surface area (Å²) in [5, 5.41) is 22.8. The van der Waals surface area contributed by atoms with Gasteiger partial charge in [0, 0.05) is 17.8 Å². The number of nitrogens with one attached hydrogen (secondary N) is 1. The number of aromatic carboxylic acids is 1. The van der Waals surface area contributed by atoms with E-state index in [9.17, 15) is 14.9 Å². The number of carboxylic acid groups (broad SMARTS) is 1. The zero-order valence-electron chi connectivity index (χ0n) is 11.1. The molecule has 0 aliphatic heterocycles. The topological polar surface area (TPSA) is 105 Å². The highest BCUT2D eigenvalue weighted by atomic mass is 16.6. The molecule has 0 atom stereocenters. The van der Waals surface area contributed by atoms with Crippen molar-refractivity contribution in [3.05, 3.63) is 27.9 Å². The fourth-order valence-electron chi connectivity index (χ4n) is 1.81. The number of carbonyl (C=O) groups is 1. The minimum absolute atomic E-state index is 0.0912. The maximum Gasteiger partial charge on any atom is 0.337 e. The van der Waals surface area contributed by atoms with E-state index in [2.05, 4.69) is 10.3 Å². The normalized spacial score (nSPS) is 11.1. The lowest BCUT2D eigenvalue weighted by Crippen LogP contribution is -2.31. The first-order valence-electron chi connectivity index (χ1n) is 5.92. The highest BCUT2D eigenvalue weighted by molar-refractivity contribution is 5.88. The Bertz CT molecular complexity index is 500. The van der Waals surface area contributed by atoms with Gasteiger partial charge in [-0.1, -0.05) is 13.3 Å². The molecule has 0 aliphatic rings. The molecule has 0 fully saturated rings. The molecule has 7 heteroatoms. The predicted molar refractivity (Wildman–Crippen MR) is 70.5 cm³/mol. The van der Waals surface area contributed by atoms with Gasteiger partial charge in [-0.15, -0.1) is 0 Å². The zero-order chi connectivity index (χ0) is 14.6. The summed E-state index contributed by atoms with van der Waals surface area (Å²) in [6.45, 7) is 5.83. The molecule has 104 valence electrons. The second-order valence-corrected chi connectivity index (χ2v) is 4.91. The van der Waals surface area contributed by atoms with Crippen LogP contribution in [0.15, 0.2) is 12.3 Å². The van der Waals surface area contributed by atoms with E-state index in [-0.39, 0.29) is 22.6 Å². The molecule has 1 aromatic heterocycles. The third-order valence-corrected chi connectivity index (χ3v) is 2.64. The van der Waals surface area contributed by atoms with Crippen molar-refractivity contribution in [3.63, 3.8) is 0 Å². The van der Waals surface area contributed by atoms with E-state index in [0.717, 1.165) is 25.1 Å². The molecule has 1 rings (SSSR count). The number of pyridine rings is 1. The highest BCUT2D eigenvalue weighted by Gasteiger charge is 2.24. The molecule has 1 aromatic rings. The Morgan fingerprint density at radius 3 is 2.68 bits per heavy atom. The standard InChI is InChI=1S/C12H17N3O4/c1-4-5-12(2,3)14-10-9(15(18)19)6-8(7-13-10)11(16)17/h6-7H,4-5H2,1-3H3,(H,13,14)(H,16,17). The molecule has 0 unspecified atom stereocenters. The first kappa shape index (κ1) is 14.9. The van der Waals surface area contributed by atoms with Crippen molar-refractivity contribution in [1.29, 1.82) is 0 Å². The van der Waals surface area contributed by atoms with Crippen molar-refractivity contribution in [3.8, 4) is 0 Å². The SMILES string of the molecule is CCCC(C)(C)Nc1ncc(C(=O)O)cc1[N+](=O)[O-]. The van der Waals surface area contributed by atoms with E-state index in [0.29, 0.717) is 0 Å². The molecule has 0 saturated carbocycles. The monoisotopic (exact) mass is 267 g/mol. The summed E-state index contributed by atoms with van der Waals surface area (Å²) < 4.78 is 0. The van der Waals surface area contributed by atoms with Crippen molar-refractivity contribution in [1.82, 2.24) is 4.98 Å². The second-order valence-electron chi connectivity index (χ2n) is 4.91. The number of hydrogen-bond donors (Lipinski definition) is 2. The van der Waals surface area contributed by atoms with Gasteiger partial charge in [0.15, 0.2) is 0 Å². The van der Waals surface area contributed by atoms with Crippen LogP contribution in [0.2, 0.25) is 0 Å². The molecule has 2 N–H and O–H groups in total. The van der Waals surface area contributed by atoms with E-state index >= 15 is 0 Å². The summed E-state index contributed by atoms with van der Waals surface area (Å²) in [5.41, 5.74) is -0.883. The molecule has 0 aliphatic carbocycles. The van der Waals surface area contributed by atoms with Gasteiger partial charge in [-0.2, -0.15) is 0 Å². The number of anilines is 1. The van der Waals surface area contributed by atoms with Gasteiger partial charge in [0.2, 0.25) is 5.82 Å². The van der Waals surface area contributed by atoms with Crippen LogP contribution in [-0.2, 0) is 0 Å². The molecule has 0 bridgehead atoms. The van der Waals surface area contributed by atoms with E-state index in [1.165, 1.54) is 0 Å². The Labute approximate surface area is 110 Å². The quantitative estimate of drug-likeness (QED) is 0.606. The molecule has 7 nitrogen and oxygen atoms in total. The van der Waals surface area contributed by atoms with Crippen molar-refractivity contribution >= 4 is 17.5 Å². The van der Waals surface area contributed by atoms with Crippen molar-refractivity contribution in [2.45, 2.75) is 39.2 Å². The fraction of sp³-hybridized carbons (Fsp3) is 0.500. The van der Waals surface area contributed by atoms with Crippen LogP contribution in [0.5, 0.6) is 0 Å². The first-order chi connectivity index (χ1) is 8.76. The number of aromatic nitrogens is 1. The minimum Gasteiger partial charge on any atom is -0.478 e. The molecule has 0 amide bonds. The lowest BCUT2D eigenvalue weighted by Gasteiger charge is -2.26. The van der Waals surface area contributed by atoms with Gasteiger partial charge in [-0.3, -0.25) is 10.1 Å². The van der Waals surface area contributed by atoms with Crippen LogP contribution >= 0.6 is 0 Å². The maximum atomic E-state index is 11.0. The van der Waals surface area contributed by atoms with Crippen LogP contribution in [0.4, 0.5) is 11.5 Å². The van der Waals surface area contributed by atoms with Gasteiger partial charge in [-0.05, 0) is 20.3 Å². The molecular formula is C12H17N3O4. The van der Waals surface area contributed by atoms with Crippen molar-refractivity contribution in [2.24, 2.45) is 0 Å². The molecular weight excluding hydrogens is 250 g/mol. The smallest absolute Gasteiger partial charge is 0.337 e. The Balaban J connectivity index is 3.14. The Morgan fingerprint density at radius 1 is 1.58 bits per heavy atom. The van der Waals surface area contributed by atoms with Crippen LogP contribution in [0.25, 0.3) is 0 Å². The zero-order valence-corrected chi connectivity index (χ0v) is 11.1.